The molecule has 0 bridgehead atoms. The summed E-state index contributed by atoms with van der Waals surface area (Å²) in [6, 6.07) is 0. The summed E-state index contributed by atoms with van der Waals surface area (Å²) >= 11 is 0. The smallest absolute Gasteiger partial charge is 0.123 e. The minimum absolute atomic E-state index is 0.202. The van der Waals surface area contributed by atoms with Gasteiger partial charge in [-0.2, -0.15) is 0 Å². The Hall–Kier alpha value is -1.11. The fraction of sp³-hybridized carbons (Fsp3) is 0.562. The lowest BCUT2D eigenvalue weighted by atomic mass is 9.62. The van der Waals surface area contributed by atoms with Gasteiger partial charge in [0.25, 0.3) is 0 Å². The highest BCUT2D eigenvalue weighted by atomic mass is 16.1. The summed E-state index contributed by atoms with van der Waals surface area (Å²) in [4.78, 5) is 11.1. The van der Waals surface area contributed by atoms with Crippen LogP contribution in [-0.4, -0.2) is 6.29 Å². The van der Waals surface area contributed by atoms with Crippen LogP contribution >= 0.6 is 0 Å². The molecule has 0 aliphatic heterocycles. The van der Waals surface area contributed by atoms with E-state index in [1.54, 1.807) is 0 Å². The Morgan fingerprint density at radius 1 is 1.06 bits per heavy atom. The second kappa shape index (κ2) is 6.58. The van der Waals surface area contributed by atoms with Gasteiger partial charge in [0.1, 0.15) is 6.29 Å². The zero-order chi connectivity index (χ0) is 12.7. The molecule has 0 aromatic rings. The van der Waals surface area contributed by atoms with Gasteiger partial charge in [0.05, 0.1) is 0 Å². The molecule has 1 heteroatoms. The molecule has 17 heavy (non-hydrogen) atoms. The van der Waals surface area contributed by atoms with E-state index in [4.69, 9.17) is 0 Å². The van der Waals surface area contributed by atoms with E-state index in [0.29, 0.717) is 5.92 Å². The minimum Gasteiger partial charge on any atom is -0.303 e. The molecule has 1 saturated carbocycles. The van der Waals surface area contributed by atoms with Crippen molar-refractivity contribution in [3.63, 3.8) is 0 Å². The topological polar surface area (TPSA) is 17.1 Å². The standard InChI is InChI=1S/C16H24O/c1-4-7-14-10-15(13-17)12-16(11-14,8-5-2)9-6-3/h4-6,13-15H,1-3,7-12H2. The van der Waals surface area contributed by atoms with Crippen LogP contribution in [0.5, 0.6) is 0 Å². The van der Waals surface area contributed by atoms with E-state index in [-0.39, 0.29) is 11.3 Å². The fourth-order valence-corrected chi connectivity index (χ4v) is 3.39. The summed E-state index contributed by atoms with van der Waals surface area (Å²) in [5.74, 6) is 0.796. The molecule has 0 amide bonds. The van der Waals surface area contributed by atoms with Crippen LogP contribution in [0.2, 0.25) is 0 Å². The second-order valence-corrected chi connectivity index (χ2v) is 5.42. The van der Waals surface area contributed by atoms with Crippen LogP contribution in [0.1, 0.15) is 38.5 Å². The van der Waals surface area contributed by atoms with E-state index in [9.17, 15) is 4.79 Å². The van der Waals surface area contributed by atoms with Crippen molar-refractivity contribution in [3.05, 3.63) is 38.0 Å². The Labute approximate surface area is 105 Å². The second-order valence-electron chi connectivity index (χ2n) is 5.42. The van der Waals surface area contributed by atoms with E-state index in [0.717, 1.165) is 38.4 Å². The number of carbonyl (C=O) groups is 1. The highest BCUT2D eigenvalue weighted by molar-refractivity contribution is 5.54. The minimum atomic E-state index is 0.202. The van der Waals surface area contributed by atoms with Crippen LogP contribution in [0.3, 0.4) is 0 Å². The average molecular weight is 232 g/mol. The van der Waals surface area contributed by atoms with Crippen molar-refractivity contribution in [2.45, 2.75) is 38.5 Å². The van der Waals surface area contributed by atoms with Gasteiger partial charge >= 0.3 is 0 Å². The molecule has 0 heterocycles. The third-order valence-corrected chi connectivity index (χ3v) is 3.90. The summed E-state index contributed by atoms with van der Waals surface area (Å²) in [6.07, 6.45) is 13.2. The molecule has 2 atom stereocenters. The van der Waals surface area contributed by atoms with E-state index in [2.05, 4.69) is 19.7 Å². The fourth-order valence-electron chi connectivity index (χ4n) is 3.39. The zero-order valence-corrected chi connectivity index (χ0v) is 10.7. The summed E-state index contributed by atoms with van der Waals surface area (Å²) < 4.78 is 0. The molecule has 1 aliphatic carbocycles. The van der Waals surface area contributed by atoms with Crippen LogP contribution in [-0.2, 0) is 4.79 Å². The number of hydrogen-bond acceptors (Lipinski definition) is 1. The van der Waals surface area contributed by atoms with Crippen molar-refractivity contribution in [1.29, 1.82) is 0 Å². The lowest BCUT2D eigenvalue weighted by Crippen LogP contribution is -2.33. The van der Waals surface area contributed by atoms with Crippen LogP contribution in [0, 0.1) is 17.3 Å². The Morgan fingerprint density at radius 3 is 2.18 bits per heavy atom. The summed E-state index contributed by atoms with van der Waals surface area (Å²) in [7, 11) is 0. The third kappa shape index (κ3) is 3.69. The lowest BCUT2D eigenvalue weighted by Gasteiger charge is -2.42. The molecule has 94 valence electrons. The van der Waals surface area contributed by atoms with Crippen LogP contribution in [0.4, 0.5) is 0 Å². The van der Waals surface area contributed by atoms with Gasteiger partial charge < -0.3 is 4.79 Å². The number of carbonyl (C=O) groups excluding carboxylic acids is 1. The third-order valence-electron chi connectivity index (χ3n) is 3.90. The van der Waals surface area contributed by atoms with Gasteiger partial charge in [-0.25, -0.2) is 0 Å². The lowest BCUT2D eigenvalue weighted by molar-refractivity contribution is -0.114. The molecule has 0 saturated heterocycles. The highest BCUT2D eigenvalue weighted by Gasteiger charge is 2.38. The first-order valence-electron chi connectivity index (χ1n) is 6.47. The Balaban J connectivity index is 2.84. The molecule has 1 nitrogen and oxygen atoms in total. The predicted octanol–water partition coefficient (Wildman–Crippen LogP) is 4.32. The van der Waals surface area contributed by atoms with Crippen molar-refractivity contribution in [2.75, 3.05) is 0 Å². The summed E-state index contributed by atoms with van der Waals surface area (Å²) in [5, 5.41) is 0. The zero-order valence-electron chi connectivity index (χ0n) is 10.7. The number of hydrogen-bond donors (Lipinski definition) is 0. The SMILES string of the molecule is C=CCC1CC(C=O)CC(CC=C)(CC=C)C1. The molecule has 1 rings (SSSR count). The molecule has 0 N–H and O–H groups in total. The molecular weight excluding hydrogens is 208 g/mol. The molecule has 1 fully saturated rings. The van der Waals surface area contributed by atoms with E-state index < -0.39 is 0 Å². The maximum absolute atomic E-state index is 11.1. The Kier molecular flexibility index (Phi) is 5.40. The van der Waals surface area contributed by atoms with E-state index in [1.165, 1.54) is 6.42 Å². The Morgan fingerprint density at radius 2 is 1.71 bits per heavy atom. The number of allylic oxidation sites excluding steroid dienone is 3. The molecule has 0 aromatic heterocycles. The van der Waals surface area contributed by atoms with Crippen LogP contribution in [0.25, 0.3) is 0 Å². The predicted molar refractivity (Wildman–Crippen MR) is 73.8 cm³/mol. The maximum Gasteiger partial charge on any atom is 0.123 e. The molecule has 1 aliphatic rings. The van der Waals surface area contributed by atoms with Gasteiger partial charge in [-0.05, 0) is 49.9 Å². The Bertz CT molecular complexity index is 280. The first-order chi connectivity index (χ1) is 8.19. The molecule has 0 radical (unpaired) electrons. The molecule has 0 spiro atoms. The maximum atomic E-state index is 11.1. The van der Waals surface area contributed by atoms with E-state index in [1.807, 2.05) is 18.2 Å². The first kappa shape index (κ1) is 14.0. The number of rotatable bonds is 7. The van der Waals surface area contributed by atoms with Crippen molar-refractivity contribution >= 4 is 6.29 Å². The van der Waals surface area contributed by atoms with Crippen molar-refractivity contribution < 1.29 is 4.79 Å². The van der Waals surface area contributed by atoms with Gasteiger partial charge in [-0.15, -0.1) is 19.7 Å². The first-order valence-corrected chi connectivity index (χ1v) is 6.47. The van der Waals surface area contributed by atoms with Gasteiger partial charge in [0.15, 0.2) is 0 Å². The normalized spacial score (nSPS) is 27.1. The largest absolute Gasteiger partial charge is 0.303 e. The highest BCUT2D eigenvalue weighted by Crippen LogP contribution is 2.48. The molecule has 0 aromatic carbocycles. The molecular formula is C16H24O. The van der Waals surface area contributed by atoms with Gasteiger partial charge in [0.2, 0.25) is 0 Å². The summed E-state index contributed by atoms with van der Waals surface area (Å²) in [6.45, 7) is 11.5. The van der Waals surface area contributed by atoms with Crippen LogP contribution < -0.4 is 0 Å². The monoisotopic (exact) mass is 232 g/mol. The quantitative estimate of drug-likeness (QED) is 0.472. The summed E-state index contributed by atoms with van der Waals surface area (Å²) in [5.41, 5.74) is 0.209. The average Bonchev–Trinajstić information content (AvgIpc) is 2.29. The van der Waals surface area contributed by atoms with Gasteiger partial charge in [0, 0.05) is 5.92 Å². The van der Waals surface area contributed by atoms with Crippen LogP contribution in [0.15, 0.2) is 38.0 Å². The number of aldehydes is 1. The van der Waals surface area contributed by atoms with E-state index >= 15 is 0 Å². The van der Waals surface area contributed by atoms with Gasteiger partial charge in [-0.1, -0.05) is 18.2 Å². The molecule has 2 unspecified atom stereocenters. The van der Waals surface area contributed by atoms with Crippen molar-refractivity contribution in [3.8, 4) is 0 Å². The van der Waals surface area contributed by atoms with Crippen molar-refractivity contribution in [2.24, 2.45) is 17.3 Å². The van der Waals surface area contributed by atoms with Crippen molar-refractivity contribution in [1.82, 2.24) is 0 Å². The van der Waals surface area contributed by atoms with Gasteiger partial charge in [-0.3, -0.25) is 0 Å².